The van der Waals surface area contributed by atoms with Crippen LogP contribution in [0, 0.1) is 0 Å². The number of carbonyl (C=O) groups excluding carboxylic acids is 1. The molecule has 12 heavy (non-hydrogen) atoms. The summed E-state index contributed by atoms with van der Waals surface area (Å²) >= 11 is 0. The number of carboxylic acids is 1. The quantitative estimate of drug-likeness (QED) is 0.441. The Labute approximate surface area is 72.6 Å². The van der Waals surface area contributed by atoms with Crippen molar-refractivity contribution in [2.75, 3.05) is 18.6 Å². The molecule has 0 rings (SSSR count). The van der Waals surface area contributed by atoms with Crippen molar-refractivity contribution in [2.24, 2.45) is 0 Å². The zero-order chi connectivity index (χ0) is 9.56. The topological polar surface area (TPSA) is 83.5 Å². The van der Waals surface area contributed by atoms with Crippen molar-refractivity contribution in [3.05, 3.63) is 0 Å². The normalized spacial score (nSPS) is 12.1. The Kier molecular flexibility index (Phi) is 5.27. The van der Waals surface area contributed by atoms with E-state index in [0.717, 1.165) is 0 Å². The molecule has 6 heteroatoms. The highest BCUT2D eigenvalue weighted by Crippen LogP contribution is 1.81. The number of carboxylic acid groups (broad SMARTS) is 1. The highest BCUT2D eigenvalue weighted by molar-refractivity contribution is 7.84. The third-order valence-corrected chi connectivity index (χ3v) is 1.95. The molecule has 0 heterocycles. The van der Waals surface area contributed by atoms with E-state index in [1.54, 1.807) is 6.26 Å². The number of carbonyl (C=O) groups is 2. The maximum Gasteiger partial charge on any atom is 0.394 e. The first kappa shape index (κ1) is 11.1. The van der Waals surface area contributed by atoms with Crippen LogP contribution in [0.5, 0.6) is 0 Å². The molecule has 5 nitrogen and oxygen atoms in total. The first-order chi connectivity index (χ1) is 5.54. The minimum atomic E-state index is -1.49. The molecule has 0 spiro atoms. The summed E-state index contributed by atoms with van der Waals surface area (Å²) in [4.78, 5) is 20.4. The fraction of sp³-hybridized carbons (Fsp3) is 0.667. The van der Waals surface area contributed by atoms with Gasteiger partial charge in [-0.3, -0.25) is 9.00 Å². The number of nitrogens with one attached hydrogen (secondary N) is 1. The Morgan fingerprint density at radius 3 is 2.50 bits per heavy atom. The predicted octanol–water partition coefficient (Wildman–Crippen LogP) is -1.04. The zero-order valence-corrected chi connectivity index (χ0v) is 7.52. The summed E-state index contributed by atoms with van der Waals surface area (Å²) in [6.07, 6.45) is 2.08. The van der Waals surface area contributed by atoms with Gasteiger partial charge in [0.15, 0.2) is 0 Å². The van der Waals surface area contributed by atoms with E-state index in [1.165, 1.54) is 0 Å². The first-order valence-corrected chi connectivity index (χ1v) is 5.08. The lowest BCUT2D eigenvalue weighted by molar-refractivity contribution is -0.150. The van der Waals surface area contributed by atoms with E-state index >= 15 is 0 Å². The SMILES string of the molecule is CS(=O)CCCNC(=O)C(=O)O. The van der Waals surface area contributed by atoms with Crippen molar-refractivity contribution in [1.29, 1.82) is 0 Å². The predicted molar refractivity (Wildman–Crippen MR) is 44.2 cm³/mol. The van der Waals surface area contributed by atoms with E-state index in [1.807, 2.05) is 0 Å². The van der Waals surface area contributed by atoms with E-state index in [9.17, 15) is 13.8 Å². The second-order valence-corrected chi connectivity index (χ2v) is 3.75. The highest BCUT2D eigenvalue weighted by Gasteiger charge is 2.08. The van der Waals surface area contributed by atoms with Crippen molar-refractivity contribution in [3.63, 3.8) is 0 Å². The molecule has 1 atom stereocenters. The molecular formula is C6H11NO4S. The fourth-order valence-corrected chi connectivity index (χ4v) is 1.10. The van der Waals surface area contributed by atoms with Crippen molar-refractivity contribution in [2.45, 2.75) is 6.42 Å². The van der Waals surface area contributed by atoms with Crippen LogP contribution < -0.4 is 5.32 Å². The van der Waals surface area contributed by atoms with Gasteiger partial charge in [0.25, 0.3) is 0 Å². The monoisotopic (exact) mass is 193 g/mol. The summed E-state index contributed by atoms with van der Waals surface area (Å²) < 4.78 is 10.5. The Hall–Kier alpha value is -0.910. The molecule has 0 fully saturated rings. The lowest BCUT2D eigenvalue weighted by atomic mass is 10.4. The number of amides is 1. The van der Waals surface area contributed by atoms with Gasteiger partial charge in [0, 0.05) is 29.4 Å². The van der Waals surface area contributed by atoms with Crippen LogP contribution in [0.15, 0.2) is 0 Å². The van der Waals surface area contributed by atoms with Gasteiger partial charge in [0.05, 0.1) is 0 Å². The third-order valence-electron chi connectivity index (χ3n) is 1.09. The van der Waals surface area contributed by atoms with Crippen LogP contribution >= 0.6 is 0 Å². The van der Waals surface area contributed by atoms with Crippen LogP contribution in [-0.2, 0) is 20.4 Å². The molecule has 0 radical (unpaired) electrons. The van der Waals surface area contributed by atoms with Gasteiger partial charge in [0.1, 0.15) is 0 Å². The molecule has 0 aromatic rings. The summed E-state index contributed by atoms with van der Waals surface area (Å²) in [5, 5.41) is 10.3. The van der Waals surface area contributed by atoms with E-state index in [2.05, 4.69) is 5.32 Å². The van der Waals surface area contributed by atoms with E-state index in [0.29, 0.717) is 12.2 Å². The van der Waals surface area contributed by atoms with Crippen LogP contribution in [0.25, 0.3) is 0 Å². The molecule has 0 bridgehead atoms. The molecule has 0 aliphatic rings. The molecule has 0 aromatic heterocycles. The summed E-state index contributed by atoms with van der Waals surface area (Å²) in [5.74, 6) is -2.04. The van der Waals surface area contributed by atoms with E-state index in [-0.39, 0.29) is 6.54 Å². The Balaban J connectivity index is 3.38. The van der Waals surface area contributed by atoms with Crippen LogP contribution in [-0.4, -0.2) is 39.7 Å². The molecular weight excluding hydrogens is 182 g/mol. The molecule has 1 amide bonds. The summed E-state index contributed by atoms with van der Waals surface area (Å²) in [5.41, 5.74) is 0. The van der Waals surface area contributed by atoms with Crippen LogP contribution in [0.4, 0.5) is 0 Å². The lowest BCUT2D eigenvalue weighted by Crippen LogP contribution is -2.31. The maximum atomic E-state index is 10.5. The van der Waals surface area contributed by atoms with E-state index < -0.39 is 22.7 Å². The van der Waals surface area contributed by atoms with Crippen molar-refractivity contribution in [3.8, 4) is 0 Å². The summed E-state index contributed by atoms with van der Waals surface area (Å²) in [6.45, 7) is 0.255. The molecule has 1 unspecified atom stereocenters. The average molecular weight is 193 g/mol. The van der Waals surface area contributed by atoms with Gasteiger partial charge in [-0.2, -0.15) is 0 Å². The highest BCUT2D eigenvalue weighted by atomic mass is 32.2. The van der Waals surface area contributed by atoms with Crippen molar-refractivity contribution < 1.29 is 18.9 Å². The average Bonchev–Trinajstić information content (AvgIpc) is 1.97. The zero-order valence-electron chi connectivity index (χ0n) is 6.70. The van der Waals surface area contributed by atoms with Gasteiger partial charge >= 0.3 is 11.9 Å². The fourth-order valence-electron chi connectivity index (χ4n) is 0.553. The van der Waals surface area contributed by atoms with Crippen LogP contribution in [0.2, 0.25) is 0 Å². The number of aliphatic carboxylic acids is 1. The second-order valence-electron chi connectivity index (χ2n) is 2.19. The Bertz CT molecular complexity index is 204. The van der Waals surface area contributed by atoms with Crippen molar-refractivity contribution >= 4 is 22.7 Å². The molecule has 0 aliphatic heterocycles. The Morgan fingerprint density at radius 1 is 1.50 bits per heavy atom. The molecule has 0 saturated heterocycles. The molecule has 0 aliphatic carbocycles. The standard InChI is InChI=1S/C6H11NO4S/c1-12(11)4-2-3-7-5(8)6(9)10/h2-4H2,1H3,(H,7,8)(H,9,10). The first-order valence-electron chi connectivity index (χ1n) is 3.35. The summed E-state index contributed by atoms with van der Waals surface area (Å²) in [6, 6.07) is 0. The third kappa shape index (κ3) is 5.84. The maximum absolute atomic E-state index is 10.5. The van der Waals surface area contributed by atoms with Gasteiger partial charge in [0.2, 0.25) is 0 Å². The number of hydrogen-bond donors (Lipinski definition) is 2. The molecule has 0 aromatic carbocycles. The minimum Gasteiger partial charge on any atom is -0.474 e. The number of hydrogen-bond acceptors (Lipinski definition) is 3. The van der Waals surface area contributed by atoms with Crippen molar-refractivity contribution in [1.82, 2.24) is 5.32 Å². The van der Waals surface area contributed by atoms with Gasteiger partial charge < -0.3 is 10.4 Å². The van der Waals surface area contributed by atoms with Gasteiger partial charge in [-0.25, -0.2) is 4.79 Å². The molecule has 70 valence electrons. The Morgan fingerprint density at radius 2 is 2.08 bits per heavy atom. The minimum absolute atomic E-state index is 0.255. The van der Waals surface area contributed by atoms with Gasteiger partial charge in [-0.1, -0.05) is 0 Å². The largest absolute Gasteiger partial charge is 0.474 e. The molecule has 2 N–H and O–H groups in total. The van der Waals surface area contributed by atoms with Crippen LogP contribution in [0.3, 0.4) is 0 Å². The molecule has 0 saturated carbocycles. The second kappa shape index (κ2) is 5.70. The van der Waals surface area contributed by atoms with Crippen LogP contribution in [0.1, 0.15) is 6.42 Å². The van der Waals surface area contributed by atoms with Gasteiger partial charge in [-0.05, 0) is 6.42 Å². The lowest BCUT2D eigenvalue weighted by Gasteiger charge is -1.99. The number of rotatable bonds is 4. The smallest absolute Gasteiger partial charge is 0.394 e. The van der Waals surface area contributed by atoms with Gasteiger partial charge in [-0.15, -0.1) is 0 Å². The van der Waals surface area contributed by atoms with E-state index in [4.69, 9.17) is 5.11 Å². The summed E-state index contributed by atoms with van der Waals surface area (Å²) in [7, 11) is -0.890.